The van der Waals surface area contributed by atoms with Gasteiger partial charge in [0, 0.05) is 0 Å². The molecule has 0 aliphatic carbocycles. The van der Waals surface area contributed by atoms with E-state index in [1.54, 1.807) is 0 Å². The molecule has 0 amide bonds. The Labute approximate surface area is 62.0 Å². The second-order valence-electron chi connectivity index (χ2n) is 1.73. The van der Waals surface area contributed by atoms with Crippen LogP contribution in [0.4, 0.5) is 0 Å². The van der Waals surface area contributed by atoms with Gasteiger partial charge in [0.15, 0.2) is 0 Å². The van der Waals surface area contributed by atoms with Crippen molar-refractivity contribution in [3.63, 3.8) is 0 Å². The molecule has 7 nitrogen and oxygen atoms in total. The van der Waals surface area contributed by atoms with E-state index >= 15 is 0 Å². The number of nitrogens with two attached hydrogens (primary N) is 1. The lowest BCUT2D eigenvalue weighted by molar-refractivity contribution is -0.139. The molecular formula is C3H8NO6P. The molecule has 11 heavy (non-hydrogen) atoms. The summed E-state index contributed by atoms with van der Waals surface area (Å²) in [7, 11) is -4.60. The fraction of sp³-hybridized carbons (Fsp3) is 0.667. The molecule has 8 heteroatoms. The quantitative estimate of drug-likeness (QED) is 0.240. The highest BCUT2D eigenvalue weighted by molar-refractivity contribution is 7.46. The zero-order valence-corrected chi connectivity index (χ0v) is 6.27. The molecule has 0 saturated heterocycles. The van der Waals surface area contributed by atoms with Crippen molar-refractivity contribution in [1.82, 2.24) is 0 Å². The first-order valence-corrected chi connectivity index (χ1v) is 4.04. The van der Waals surface area contributed by atoms with Crippen molar-refractivity contribution in [2.24, 2.45) is 5.73 Å². The Bertz CT molecular complexity index is 186. The van der Waals surface area contributed by atoms with Gasteiger partial charge in [-0.15, -0.1) is 0 Å². The van der Waals surface area contributed by atoms with Gasteiger partial charge in [0.2, 0.25) is 0 Å². The van der Waals surface area contributed by atoms with Crippen LogP contribution in [0, 0.1) is 0 Å². The normalized spacial score (nSPS) is 14.5. The molecule has 66 valence electrons. The minimum absolute atomic E-state index is 0.709. The van der Waals surface area contributed by atoms with Gasteiger partial charge < -0.3 is 20.6 Å². The molecule has 0 saturated carbocycles. The number of carboxylic acids is 1. The Kier molecular flexibility index (Phi) is 3.64. The zero-order chi connectivity index (χ0) is 9.07. The highest BCUT2D eigenvalue weighted by Gasteiger charge is 2.19. The number of phosphoric acid groups is 1. The van der Waals surface area contributed by atoms with Crippen LogP contribution in [0.2, 0.25) is 0 Å². The SMILES string of the molecule is [15NH2][13C@@H]([13CH2]OP(=O)(O)O)[13C](=O)O. The first-order chi connectivity index (χ1) is 4.83. The molecule has 0 unspecified atom stereocenters. The number of hydrogen-bond donors (Lipinski definition) is 4. The Morgan fingerprint density at radius 1 is 1.64 bits per heavy atom. The van der Waals surface area contributed by atoms with Gasteiger partial charge in [-0.1, -0.05) is 0 Å². The number of phosphoric ester groups is 1. The van der Waals surface area contributed by atoms with E-state index < -0.39 is 26.4 Å². The van der Waals surface area contributed by atoms with Crippen LogP contribution in [0.5, 0.6) is 0 Å². The van der Waals surface area contributed by atoms with E-state index in [0.717, 1.165) is 0 Å². The van der Waals surface area contributed by atoms with Crippen molar-refractivity contribution >= 4 is 13.8 Å². The van der Waals surface area contributed by atoms with E-state index in [9.17, 15) is 9.36 Å². The topological polar surface area (TPSA) is 130 Å². The Morgan fingerprint density at radius 3 is 2.36 bits per heavy atom. The highest BCUT2D eigenvalue weighted by Crippen LogP contribution is 2.35. The van der Waals surface area contributed by atoms with Crippen molar-refractivity contribution in [2.75, 3.05) is 6.61 Å². The maximum Gasteiger partial charge on any atom is 0.469 e. The Balaban J connectivity index is 3.72. The van der Waals surface area contributed by atoms with Crippen molar-refractivity contribution in [1.29, 1.82) is 0 Å². The number of hydrogen-bond acceptors (Lipinski definition) is 4. The van der Waals surface area contributed by atoms with Crippen molar-refractivity contribution in [3.8, 4) is 0 Å². The van der Waals surface area contributed by atoms with Crippen LogP contribution in [0.15, 0.2) is 0 Å². The maximum atomic E-state index is 9.98. The molecule has 1 atom stereocenters. The van der Waals surface area contributed by atoms with Crippen LogP contribution in [0.25, 0.3) is 0 Å². The van der Waals surface area contributed by atoms with Gasteiger partial charge in [-0.25, -0.2) is 4.57 Å². The molecular weight excluding hydrogens is 181 g/mol. The van der Waals surface area contributed by atoms with E-state index in [-0.39, 0.29) is 0 Å². The van der Waals surface area contributed by atoms with Crippen LogP contribution in [-0.4, -0.2) is 33.5 Å². The highest BCUT2D eigenvalue weighted by atomic mass is 31.2. The van der Waals surface area contributed by atoms with Gasteiger partial charge in [0.1, 0.15) is 6.04 Å². The van der Waals surface area contributed by atoms with E-state index in [4.69, 9.17) is 20.6 Å². The summed E-state index contributed by atoms with van der Waals surface area (Å²) in [6, 6.07) is -1.41. The van der Waals surface area contributed by atoms with Gasteiger partial charge in [-0.2, -0.15) is 0 Å². The third-order valence-electron chi connectivity index (χ3n) is 0.739. The minimum atomic E-state index is -4.60. The van der Waals surface area contributed by atoms with E-state index in [1.807, 2.05) is 0 Å². The van der Waals surface area contributed by atoms with Crippen molar-refractivity contribution < 1.29 is 28.8 Å². The van der Waals surface area contributed by atoms with Crippen molar-refractivity contribution in [3.05, 3.63) is 0 Å². The Hall–Kier alpha value is -0.460. The molecule has 0 aliphatic rings. The molecule has 0 aromatic carbocycles. The number of carbonyl (C=O) groups is 1. The Morgan fingerprint density at radius 2 is 2.09 bits per heavy atom. The van der Waals surface area contributed by atoms with Gasteiger partial charge in [-0.05, 0) is 0 Å². The summed E-state index contributed by atoms with van der Waals surface area (Å²) >= 11 is 0. The molecule has 5 N–H and O–H groups in total. The first-order valence-electron chi connectivity index (χ1n) is 2.51. The van der Waals surface area contributed by atoms with Gasteiger partial charge in [-0.3, -0.25) is 9.32 Å². The van der Waals surface area contributed by atoms with E-state index in [2.05, 4.69) is 4.52 Å². The fourth-order valence-corrected chi connectivity index (χ4v) is 0.603. The summed E-state index contributed by atoms with van der Waals surface area (Å²) < 4.78 is 13.8. The van der Waals surface area contributed by atoms with E-state index in [0.29, 0.717) is 0 Å². The molecule has 0 rings (SSSR count). The summed E-state index contributed by atoms with van der Waals surface area (Å²) in [4.78, 5) is 26.1. The monoisotopic (exact) mass is 189 g/mol. The van der Waals surface area contributed by atoms with Crippen LogP contribution >= 0.6 is 7.82 Å². The molecule has 0 spiro atoms. The lowest BCUT2D eigenvalue weighted by Crippen LogP contribution is -2.34. The molecule has 0 aliphatic heterocycles. The van der Waals surface area contributed by atoms with Gasteiger partial charge in [0.05, 0.1) is 6.61 Å². The molecule has 0 heterocycles. The number of rotatable bonds is 4. The zero-order valence-electron chi connectivity index (χ0n) is 5.38. The first kappa shape index (κ1) is 10.5. The standard InChI is InChI=1S/C3H8NO6P/c4-2(3(5)6)1-10-11(7,8)9/h2H,1,4H2,(H,5,6)(H2,7,8,9)/t2-/m0/s1/i1+1,2+1,3+1,4+1. The third-order valence-corrected chi connectivity index (χ3v) is 1.22. The fourth-order valence-electron chi connectivity index (χ4n) is 0.249. The lowest BCUT2D eigenvalue weighted by Gasteiger charge is -2.07. The summed E-state index contributed by atoms with van der Waals surface area (Å²) in [5.41, 5.74) is 4.86. The predicted octanol–water partition coefficient (Wildman–Crippen LogP) is -1.49. The van der Waals surface area contributed by atoms with Crippen LogP contribution < -0.4 is 5.73 Å². The van der Waals surface area contributed by atoms with Crippen molar-refractivity contribution in [2.45, 2.75) is 6.04 Å². The molecule has 0 fully saturated rings. The van der Waals surface area contributed by atoms with Crippen LogP contribution in [-0.2, 0) is 13.9 Å². The van der Waals surface area contributed by atoms with Crippen LogP contribution in [0.1, 0.15) is 0 Å². The predicted molar refractivity (Wildman–Crippen MR) is 33.6 cm³/mol. The molecule has 0 radical (unpaired) electrons. The second-order valence-corrected chi connectivity index (χ2v) is 2.97. The largest absolute Gasteiger partial charge is 0.480 e. The maximum absolute atomic E-state index is 9.98. The summed E-state index contributed by atoms with van der Waals surface area (Å²) in [6.07, 6.45) is 0. The minimum Gasteiger partial charge on any atom is -0.480 e. The van der Waals surface area contributed by atoms with E-state index in [1.165, 1.54) is 0 Å². The molecule has 0 aromatic rings. The smallest absolute Gasteiger partial charge is 0.469 e. The summed E-state index contributed by atoms with van der Waals surface area (Å²) in [5, 5.41) is 8.12. The summed E-state index contributed by atoms with van der Waals surface area (Å²) in [6.45, 7) is -0.709. The van der Waals surface area contributed by atoms with Crippen LogP contribution in [0.3, 0.4) is 0 Å². The lowest BCUT2D eigenvalue weighted by atomic mass is 11.3. The van der Waals surface area contributed by atoms with Gasteiger partial charge >= 0.3 is 13.8 Å². The molecule has 0 bridgehead atoms. The molecule has 0 aromatic heterocycles. The van der Waals surface area contributed by atoms with Gasteiger partial charge in [0.25, 0.3) is 0 Å². The summed E-state index contributed by atoms with van der Waals surface area (Å²) in [5.74, 6) is -1.38. The third kappa shape index (κ3) is 5.96. The average molecular weight is 189 g/mol. The number of aliphatic carboxylic acids is 1. The average Bonchev–Trinajstić information content (AvgIpc) is 1.80. The number of carboxylic acid groups (broad SMARTS) is 1. The second kappa shape index (κ2) is 3.80.